The number of hydrogen-bond donors (Lipinski definition) is 1. The van der Waals surface area contributed by atoms with E-state index in [0.717, 1.165) is 44.1 Å². The molecule has 2 rings (SSSR count). The highest BCUT2D eigenvalue weighted by atomic mass is 16.5. The number of aliphatic imine (C=N–C) groups is 1. The Labute approximate surface area is 156 Å². The lowest BCUT2D eigenvalue weighted by molar-refractivity contribution is 0.0536. The number of ether oxygens (including phenoxy) is 3. The van der Waals surface area contributed by atoms with E-state index in [1.54, 1.807) is 7.11 Å². The van der Waals surface area contributed by atoms with Gasteiger partial charge >= 0.3 is 0 Å². The third kappa shape index (κ3) is 6.80. The van der Waals surface area contributed by atoms with Crippen molar-refractivity contribution in [2.45, 2.75) is 26.3 Å². The summed E-state index contributed by atoms with van der Waals surface area (Å²) in [5, 5.41) is 3.42. The van der Waals surface area contributed by atoms with Crippen LogP contribution in [-0.2, 0) is 16.0 Å². The summed E-state index contributed by atoms with van der Waals surface area (Å²) in [7, 11) is 3.52. The third-order valence-corrected chi connectivity index (χ3v) is 4.28. The number of nitrogens with one attached hydrogen (secondary N) is 1. The standard InChI is InChI=1S/C19H32N4O3/c1-4-9-26-18-6-5-16(12-21-18)13-22-19(20-2)23-8-7-17(14-23)15-25-11-10-24-3/h5-6,12,17H,4,7-11,13-15H2,1-3H3,(H,20,22). The first-order valence-corrected chi connectivity index (χ1v) is 9.36. The van der Waals surface area contributed by atoms with E-state index in [0.29, 0.717) is 38.2 Å². The molecule has 1 aromatic heterocycles. The summed E-state index contributed by atoms with van der Waals surface area (Å²) in [6, 6.07) is 3.95. The molecular weight excluding hydrogens is 332 g/mol. The molecule has 0 aromatic carbocycles. The Balaban J connectivity index is 1.74. The van der Waals surface area contributed by atoms with Crippen molar-refractivity contribution in [1.82, 2.24) is 15.2 Å². The molecule has 1 aliphatic heterocycles. The zero-order valence-electron chi connectivity index (χ0n) is 16.2. The van der Waals surface area contributed by atoms with E-state index in [4.69, 9.17) is 14.2 Å². The van der Waals surface area contributed by atoms with E-state index < -0.39 is 0 Å². The first-order valence-electron chi connectivity index (χ1n) is 9.36. The second-order valence-corrected chi connectivity index (χ2v) is 6.42. The third-order valence-electron chi connectivity index (χ3n) is 4.28. The highest BCUT2D eigenvalue weighted by Crippen LogP contribution is 2.17. The van der Waals surface area contributed by atoms with Crippen LogP contribution in [0.15, 0.2) is 23.3 Å². The quantitative estimate of drug-likeness (QED) is 0.389. The van der Waals surface area contributed by atoms with Crippen LogP contribution >= 0.6 is 0 Å². The number of likely N-dealkylation sites (tertiary alicyclic amines) is 1. The van der Waals surface area contributed by atoms with E-state index in [2.05, 4.69) is 27.1 Å². The molecule has 1 aromatic rings. The first kappa shape index (κ1) is 20.5. The highest BCUT2D eigenvalue weighted by molar-refractivity contribution is 5.80. The molecule has 2 heterocycles. The largest absolute Gasteiger partial charge is 0.478 e. The van der Waals surface area contributed by atoms with Gasteiger partial charge in [0.1, 0.15) is 0 Å². The lowest BCUT2D eigenvalue weighted by atomic mass is 10.1. The Bertz CT molecular complexity index is 536. The van der Waals surface area contributed by atoms with Crippen LogP contribution in [0.1, 0.15) is 25.3 Å². The molecule has 0 spiro atoms. The van der Waals surface area contributed by atoms with Crippen molar-refractivity contribution in [1.29, 1.82) is 0 Å². The number of aromatic nitrogens is 1. The number of guanidine groups is 1. The first-order chi connectivity index (χ1) is 12.8. The van der Waals surface area contributed by atoms with E-state index in [-0.39, 0.29) is 0 Å². The maximum atomic E-state index is 5.66. The van der Waals surface area contributed by atoms with Gasteiger partial charge in [-0.3, -0.25) is 4.99 Å². The van der Waals surface area contributed by atoms with Crippen molar-refractivity contribution in [2.24, 2.45) is 10.9 Å². The van der Waals surface area contributed by atoms with Crippen molar-refractivity contribution >= 4 is 5.96 Å². The molecule has 146 valence electrons. The molecule has 0 amide bonds. The Morgan fingerprint density at radius 1 is 1.35 bits per heavy atom. The molecule has 1 unspecified atom stereocenters. The molecule has 1 aliphatic rings. The van der Waals surface area contributed by atoms with Gasteiger partial charge in [-0.2, -0.15) is 0 Å². The van der Waals surface area contributed by atoms with Gasteiger partial charge in [0.05, 0.1) is 26.4 Å². The Morgan fingerprint density at radius 2 is 2.23 bits per heavy atom. The summed E-state index contributed by atoms with van der Waals surface area (Å²) in [5.74, 6) is 2.15. The number of hydrogen-bond acceptors (Lipinski definition) is 5. The molecule has 7 heteroatoms. The van der Waals surface area contributed by atoms with Gasteiger partial charge in [0.2, 0.25) is 5.88 Å². The molecule has 1 N–H and O–H groups in total. The minimum absolute atomic E-state index is 0.544. The summed E-state index contributed by atoms with van der Waals surface area (Å²) in [6.45, 7) is 7.52. The fraction of sp³-hybridized carbons (Fsp3) is 0.684. The lowest BCUT2D eigenvalue weighted by Crippen LogP contribution is -2.39. The average Bonchev–Trinajstić information content (AvgIpc) is 3.14. The van der Waals surface area contributed by atoms with E-state index in [1.807, 2.05) is 25.4 Å². The zero-order chi connectivity index (χ0) is 18.6. The molecule has 1 fully saturated rings. The minimum atomic E-state index is 0.544. The second kappa shape index (κ2) is 11.7. The van der Waals surface area contributed by atoms with Crippen LogP contribution in [0.3, 0.4) is 0 Å². The van der Waals surface area contributed by atoms with Gasteiger partial charge in [0.25, 0.3) is 0 Å². The molecule has 0 radical (unpaired) electrons. The summed E-state index contributed by atoms with van der Waals surface area (Å²) in [4.78, 5) is 11.0. The van der Waals surface area contributed by atoms with Crippen molar-refractivity contribution in [2.75, 3.05) is 53.7 Å². The highest BCUT2D eigenvalue weighted by Gasteiger charge is 2.24. The predicted octanol–water partition coefficient (Wildman–Crippen LogP) is 1.93. The number of methoxy groups -OCH3 is 1. The lowest BCUT2D eigenvalue weighted by Gasteiger charge is -2.21. The Morgan fingerprint density at radius 3 is 2.92 bits per heavy atom. The van der Waals surface area contributed by atoms with Gasteiger partial charge in [0.15, 0.2) is 5.96 Å². The Kier molecular flexibility index (Phi) is 9.20. The van der Waals surface area contributed by atoms with Gasteiger partial charge in [-0.15, -0.1) is 0 Å². The maximum absolute atomic E-state index is 5.66. The fourth-order valence-electron chi connectivity index (χ4n) is 2.87. The fourth-order valence-corrected chi connectivity index (χ4v) is 2.87. The average molecular weight is 364 g/mol. The summed E-state index contributed by atoms with van der Waals surface area (Å²) in [6.07, 6.45) is 3.95. The van der Waals surface area contributed by atoms with E-state index in [1.165, 1.54) is 0 Å². The monoisotopic (exact) mass is 364 g/mol. The van der Waals surface area contributed by atoms with Crippen LogP contribution in [0, 0.1) is 5.92 Å². The summed E-state index contributed by atoms with van der Waals surface area (Å²) < 4.78 is 16.2. The van der Waals surface area contributed by atoms with Crippen LogP contribution in [0.25, 0.3) is 0 Å². The summed E-state index contributed by atoms with van der Waals surface area (Å²) in [5.41, 5.74) is 1.11. The predicted molar refractivity (Wildman–Crippen MR) is 103 cm³/mol. The van der Waals surface area contributed by atoms with Gasteiger partial charge in [-0.1, -0.05) is 13.0 Å². The van der Waals surface area contributed by atoms with Gasteiger partial charge in [-0.25, -0.2) is 4.98 Å². The molecule has 1 saturated heterocycles. The maximum Gasteiger partial charge on any atom is 0.213 e. The second-order valence-electron chi connectivity index (χ2n) is 6.42. The summed E-state index contributed by atoms with van der Waals surface area (Å²) >= 11 is 0. The van der Waals surface area contributed by atoms with Gasteiger partial charge in [0, 0.05) is 52.0 Å². The normalized spacial score (nSPS) is 17.6. The van der Waals surface area contributed by atoms with Gasteiger partial charge in [-0.05, 0) is 18.4 Å². The van der Waals surface area contributed by atoms with Crippen LogP contribution in [0.5, 0.6) is 5.88 Å². The van der Waals surface area contributed by atoms with Gasteiger partial charge < -0.3 is 24.4 Å². The van der Waals surface area contributed by atoms with Crippen molar-refractivity contribution in [3.05, 3.63) is 23.9 Å². The molecule has 7 nitrogen and oxygen atoms in total. The van der Waals surface area contributed by atoms with Crippen LogP contribution in [0.2, 0.25) is 0 Å². The molecule has 0 saturated carbocycles. The zero-order valence-corrected chi connectivity index (χ0v) is 16.2. The van der Waals surface area contributed by atoms with Crippen molar-refractivity contribution < 1.29 is 14.2 Å². The molecule has 26 heavy (non-hydrogen) atoms. The van der Waals surface area contributed by atoms with Crippen molar-refractivity contribution in [3.63, 3.8) is 0 Å². The van der Waals surface area contributed by atoms with E-state index >= 15 is 0 Å². The molecule has 1 atom stereocenters. The SMILES string of the molecule is CCCOc1ccc(CNC(=NC)N2CCC(COCCOC)C2)cn1. The number of rotatable bonds is 10. The molecule has 0 aliphatic carbocycles. The van der Waals surface area contributed by atoms with Crippen LogP contribution in [-0.4, -0.2) is 69.5 Å². The Hall–Kier alpha value is -1.86. The molecular formula is C19H32N4O3. The van der Waals surface area contributed by atoms with Crippen LogP contribution in [0.4, 0.5) is 0 Å². The minimum Gasteiger partial charge on any atom is -0.478 e. The topological polar surface area (TPSA) is 68.2 Å². The number of nitrogens with zero attached hydrogens (tertiary/aromatic N) is 3. The number of pyridine rings is 1. The van der Waals surface area contributed by atoms with Crippen LogP contribution < -0.4 is 10.1 Å². The molecule has 0 bridgehead atoms. The van der Waals surface area contributed by atoms with E-state index in [9.17, 15) is 0 Å². The van der Waals surface area contributed by atoms with Crippen molar-refractivity contribution in [3.8, 4) is 5.88 Å². The smallest absolute Gasteiger partial charge is 0.213 e.